The molecule has 11 heteroatoms. The molecule has 1 heterocycles. The summed E-state index contributed by atoms with van der Waals surface area (Å²) in [5.74, 6) is -1.05. The molecular weight excluding hydrogens is 363 g/mol. The Morgan fingerprint density at radius 3 is 2.48 bits per heavy atom. The molecule has 0 aliphatic heterocycles. The van der Waals surface area contributed by atoms with Gasteiger partial charge in [-0.15, -0.1) is 13.2 Å². The Hall–Kier alpha value is -2.66. The van der Waals surface area contributed by atoms with Crippen LogP contribution in [0.25, 0.3) is 11.1 Å². The minimum Gasteiger partial charge on any atom is -0.404 e. The molecule has 1 aromatic heterocycles. The highest BCUT2D eigenvalue weighted by molar-refractivity contribution is 7.89. The number of nitrogens with two attached hydrogens (primary N) is 1. The molecule has 1 aromatic carbocycles. The van der Waals surface area contributed by atoms with Crippen molar-refractivity contribution in [3.63, 3.8) is 0 Å². The van der Waals surface area contributed by atoms with Crippen LogP contribution in [0.5, 0.6) is 5.75 Å². The normalized spacial score (nSPS) is 11.9. The molecule has 25 heavy (non-hydrogen) atoms. The Balaban J connectivity index is 2.55. The molecule has 0 spiro atoms. The number of amides is 1. The monoisotopic (exact) mass is 375 g/mol. The number of hydrogen-bond acceptors (Lipinski definition) is 5. The van der Waals surface area contributed by atoms with E-state index in [4.69, 9.17) is 5.14 Å². The standard InChI is InChI=1S/C14H12F3N3O4S/c1-8(21)20-10-2-3-12(13(5-10)25(18,22)23)9-4-11(7-19-6-9)24-14(15,16)17/h2-7H,1H3,(H,20,21)(H2,18,22,23). The second-order valence-corrected chi connectivity index (χ2v) is 6.42. The zero-order valence-corrected chi connectivity index (χ0v) is 13.5. The Morgan fingerprint density at radius 2 is 1.92 bits per heavy atom. The van der Waals surface area contributed by atoms with E-state index in [0.29, 0.717) is 0 Å². The Kier molecular flexibility index (Phi) is 4.99. The smallest absolute Gasteiger partial charge is 0.404 e. The van der Waals surface area contributed by atoms with E-state index in [9.17, 15) is 26.4 Å². The molecule has 0 saturated carbocycles. The fourth-order valence-electron chi connectivity index (χ4n) is 2.03. The fraction of sp³-hybridized carbons (Fsp3) is 0.143. The van der Waals surface area contributed by atoms with Gasteiger partial charge in [0.15, 0.2) is 0 Å². The van der Waals surface area contributed by atoms with E-state index >= 15 is 0 Å². The van der Waals surface area contributed by atoms with Gasteiger partial charge in [-0.2, -0.15) is 0 Å². The van der Waals surface area contributed by atoms with E-state index in [1.807, 2.05) is 0 Å². The van der Waals surface area contributed by atoms with Crippen molar-refractivity contribution in [2.45, 2.75) is 18.2 Å². The third kappa shape index (κ3) is 5.16. The van der Waals surface area contributed by atoms with Crippen molar-refractivity contribution in [1.29, 1.82) is 0 Å². The highest BCUT2D eigenvalue weighted by Gasteiger charge is 2.31. The second-order valence-electron chi connectivity index (χ2n) is 4.89. The molecule has 0 aliphatic carbocycles. The van der Waals surface area contributed by atoms with Gasteiger partial charge in [-0.25, -0.2) is 13.6 Å². The molecule has 0 aliphatic rings. The molecule has 1 amide bonds. The minimum absolute atomic E-state index is 0.0109. The van der Waals surface area contributed by atoms with Crippen molar-refractivity contribution in [2.24, 2.45) is 5.14 Å². The highest BCUT2D eigenvalue weighted by atomic mass is 32.2. The highest BCUT2D eigenvalue weighted by Crippen LogP contribution is 2.32. The third-order valence-corrected chi connectivity index (χ3v) is 3.82. The number of alkyl halides is 3. The summed E-state index contributed by atoms with van der Waals surface area (Å²) in [7, 11) is -4.23. The molecule has 0 bridgehead atoms. The summed E-state index contributed by atoms with van der Waals surface area (Å²) in [4.78, 5) is 14.3. The molecule has 2 aromatic rings. The number of sulfonamides is 1. The number of rotatable bonds is 4. The molecule has 0 fully saturated rings. The first-order chi connectivity index (χ1) is 11.5. The summed E-state index contributed by atoms with van der Waals surface area (Å²) in [6.45, 7) is 1.23. The van der Waals surface area contributed by atoms with Crippen molar-refractivity contribution in [3.05, 3.63) is 36.7 Å². The van der Waals surface area contributed by atoms with Crippen LogP contribution in [0.15, 0.2) is 41.6 Å². The maximum atomic E-state index is 12.3. The summed E-state index contributed by atoms with van der Waals surface area (Å²) in [5, 5.41) is 7.55. The quantitative estimate of drug-likeness (QED) is 0.851. The van der Waals surface area contributed by atoms with Crippen LogP contribution in [-0.2, 0) is 14.8 Å². The molecule has 2 rings (SSSR count). The predicted octanol–water partition coefficient (Wildman–Crippen LogP) is 2.25. The lowest BCUT2D eigenvalue weighted by atomic mass is 10.1. The van der Waals surface area contributed by atoms with Crippen LogP contribution >= 0.6 is 0 Å². The number of carbonyl (C=O) groups is 1. The number of nitrogens with one attached hydrogen (secondary N) is 1. The molecule has 0 radical (unpaired) electrons. The summed E-state index contributed by atoms with van der Waals surface area (Å²) in [6, 6.07) is 4.74. The number of ether oxygens (including phenoxy) is 1. The SMILES string of the molecule is CC(=O)Nc1ccc(-c2cncc(OC(F)(F)F)c2)c(S(N)(=O)=O)c1. The number of nitrogens with zero attached hydrogens (tertiary/aromatic N) is 1. The van der Waals surface area contributed by atoms with Crippen LogP contribution in [-0.4, -0.2) is 25.7 Å². The van der Waals surface area contributed by atoms with E-state index in [0.717, 1.165) is 24.5 Å². The molecular formula is C14H12F3N3O4S. The lowest BCUT2D eigenvalue weighted by Gasteiger charge is -2.13. The van der Waals surface area contributed by atoms with Gasteiger partial charge in [0.05, 0.1) is 11.1 Å². The molecule has 7 nitrogen and oxygen atoms in total. The van der Waals surface area contributed by atoms with Crippen LogP contribution in [0.1, 0.15) is 6.92 Å². The third-order valence-electron chi connectivity index (χ3n) is 2.87. The van der Waals surface area contributed by atoms with Gasteiger partial charge in [0, 0.05) is 29.9 Å². The van der Waals surface area contributed by atoms with Crippen molar-refractivity contribution in [2.75, 3.05) is 5.32 Å². The van der Waals surface area contributed by atoms with Crippen molar-refractivity contribution in [3.8, 4) is 16.9 Å². The van der Waals surface area contributed by atoms with E-state index < -0.39 is 28.0 Å². The molecule has 0 unspecified atom stereocenters. The van der Waals surface area contributed by atoms with Gasteiger partial charge in [-0.05, 0) is 18.2 Å². The first-order valence-electron chi connectivity index (χ1n) is 6.61. The largest absolute Gasteiger partial charge is 0.573 e. The van der Waals surface area contributed by atoms with E-state index in [2.05, 4.69) is 15.0 Å². The van der Waals surface area contributed by atoms with Crippen LogP contribution in [0.3, 0.4) is 0 Å². The van der Waals surface area contributed by atoms with Gasteiger partial charge in [-0.3, -0.25) is 9.78 Å². The van der Waals surface area contributed by atoms with Crippen LogP contribution < -0.4 is 15.2 Å². The first kappa shape index (κ1) is 18.7. The van der Waals surface area contributed by atoms with Crippen molar-refractivity contribution < 1.29 is 31.1 Å². The number of primary sulfonamides is 1. The number of hydrogen-bond donors (Lipinski definition) is 2. The number of halogens is 3. The number of aromatic nitrogens is 1. The van der Waals surface area contributed by atoms with Crippen LogP contribution in [0.4, 0.5) is 18.9 Å². The fourth-order valence-corrected chi connectivity index (χ4v) is 2.82. The Bertz CT molecular complexity index is 914. The molecule has 134 valence electrons. The topological polar surface area (TPSA) is 111 Å². The number of benzene rings is 1. The molecule has 3 N–H and O–H groups in total. The molecule has 0 saturated heterocycles. The second kappa shape index (κ2) is 6.69. The van der Waals surface area contributed by atoms with Crippen LogP contribution in [0, 0.1) is 0 Å². The Labute approximate surface area is 140 Å². The van der Waals surface area contributed by atoms with Crippen molar-refractivity contribution >= 4 is 21.6 Å². The lowest BCUT2D eigenvalue weighted by molar-refractivity contribution is -0.274. The lowest BCUT2D eigenvalue weighted by Crippen LogP contribution is -2.17. The average molecular weight is 375 g/mol. The van der Waals surface area contributed by atoms with Gasteiger partial charge in [-0.1, -0.05) is 6.07 Å². The summed E-state index contributed by atoms with van der Waals surface area (Å²) >= 11 is 0. The minimum atomic E-state index is -4.92. The van der Waals surface area contributed by atoms with Gasteiger partial charge < -0.3 is 10.1 Å². The Morgan fingerprint density at radius 1 is 1.24 bits per heavy atom. The summed E-state index contributed by atoms with van der Waals surface area (Å²) in [5.41, 5.74) is 0.216. The number of anilines is 1. The predicted molar refractivity (Wildman–Crippen MR) is 82.0 cm³/mol. The summed E-state index contributed by atoms with van der Waals surface area (Å²) in [6.07, 6.45) is -2.93. The maximum Gasteiger partial charge on any atom is 0.573 e. The maximum absolute atomic E-state index is 12.3. The zero-order chi connectivity index (χ0) is 18.8. The van der Waals surface area contributed by atoms with Gasteiger partial charge >= 0.3 is 6.36 Å². The van der Waals surface area contributed by atoms with Gasteiger partial charge in [0.25, 0.3) is 0 Å². The van der Waals surface area contributed by atoms with E-state index in [-0.39, 0.29) is 21.7 Å². The van der Waals surface area contributed by atoms with Gasteiger partial charge in [0.1, 0.15) is 5.75 Å². The zero-order valence-electron chi connectivity index (χ0n) is 12.7. The molecule has 0 atom stereocenters. The first-order valence-corrected chi connectivity index (χ1v) is 8.16. The number of carbonyl (C=O) groups excluding carboxylic acids is 1. The summed E-state index contributed by atoms with van der Waals surface area (Å²) < 4.78 is 64.3. The van der Waals surface area contributed by atoms with Crippen LogP contribution in [0.2, 0.25) is 0 Å². The average Bonchev–Trinajstić information content (AvgIpc) is 2.44. The van der Waals surface area contributed by atoms with Crippen molar-refractivity contribution in [1.82, 2.24) is 4.98 Å². The van der Waals surface area contributed by atoms with E-state index in [1.54, 1.807) is 0 Å². The van der Waals surface area contributed by atoms with E-state index in [1.165, 1.54) is 19.1 Å². The number of pyridine rings is 1. The van der Waals surface area contributed by atoms with Gasteiger partial charge in [0.2, 0.25) is 15.9 Å².